The minimum absolute atomic E-state index is 0.192. The lowest BCUT2D eigenvalue weighted by Crippen LogP contribution is -2.16. The topological polar surface area (TPSA) is 46.2 Å². The van der Waals surface area contributed by atoms with Gasteiger partial charge in [0.05, 0.1) is 0 Å². The van der Waals surface area contributed by atoms with Crippen molar-refractivity contribution in [1.82, 2.24) is 0 Å². The van der Waals surface area contributed by atoms with Crippen molar-refractivity contribution in [2.45, 2.75) is 4.90 Å². The molecule has 0 amide bonds. The molecule has 2 aromatic carbocycles. The first kappa shape index (κ1) is 14.9. The molecule has 8 heteroatoms. The van der Waals surface area contributed by atoms with E-state index in [4.69, 9.17) is 0 Å². The zero-order chi connectivity index (χ0) is 14.9. The summed E-state index contributed by atoms with van der Waals surface area (Å²) in [4.78, 5) is -0.192. The fraction of sp³-hybridized carbons (Fsp3) is 0. The third kappa shape index (κ3) is 2.96. The highest BCUT2D eigenvalue weighted by Gasteiger charge is 2.21. The maximum Gasteiger partial charge on any atom is 0.263 e. The first-order chi connectivity index (χ1) is 9.31. The molecule has 0 saturated heterocycles. The van der Waals surface area contributed by atoms with Gasteiger partial charge in [0.15, 0.2) is 11.6 Å². The van der Waals surface area contributed by atoms with E-state index in [0.717, 1.165) is 0 Å². The third-order valence-electron chi connectivity index (χ3n) is 2.37. The average Bonchev–Trinajstić information content (AvgIpc) is 2.34. The number of rotatable bonds is 3. The van der Waals surface area contributed by atoms with E-state index in [-0.39, 0.29) is 9.37 Å². The average molecular weight is 366 g/mol. The van der Waals surface area contributed by atoms with E-state index in [9.17, 15) is 21.6 Å². The fourth-order valence-electron chi connectivity index (χ4n) is 1.49. The van der Waals surface area contributed by atoms with Gasteiger partial charge in [-0.05, 0) is 28.1 Å². The van der Waals surface area contributed by atoms with Crippen molar-refractivity contribution in [1.29, 1.82) is 0 Å². The van der Waals surface area contributed by atoms with Gasteiger partial charge in [0.2, 0.25) is 0 Å². The van der Waals surface area contributed by atoms with Gasteiger partial charge in [0.1, 0.15) is 16.4 Å². The smallest absolute Gasteiger partial charge is 0.263 e. The Morgan fingerprint density at radius 2 is 1.55 bits per heavy atom. The van der Waals surface area contributed by atoms with Gasteiger partial charge in [0, 0.05) is 16.6 Å². The summed E-state index contributed by atoms with van der Waals surface area (Å²) < 4.78 is 65.7. The van der Waals surface area contributed by atoms with Gasteiger partial charge in [-0.3, -0.25) is 4.72 Å². The van der Waals surface area contributed by atoms with Gasteiger partial charge in [-0.1, -0.05) is 12.1 Å². The molecule has 0 aromatic heterocycles. The van der Waals surface area contributed by atoms with Crippen molar-refractivity contribution in [3.8, 4) is 0 Å². The number of benzene rings is 2. The molecule has 0 saturated carbocycles. The molecule has 0 heterocycles. The Balaban J connectivity index is 2.47. The second-order valence-corrected chi connectivity index (χ2v) is 6.29. The molecule has 1 N–H and O–H groups in total. The molecule has 0 aliphatic heterocycles. The largest absolute Gasteiger partial charge is 0.274 e. The number of hydrogen-bond donors (Lipinski definition) is 1. The van der Waals surface area contributed by atoms with Gasteiger partial charge in [-0.15, -0.1) is 0 Å². The summed E-state index contributed by atoms with van der Waals surface area (Å²) in [5.41, 5.74) is -0.929. The van der Waals surface area contributed by atoms with E-state index in [1.165, 1.54) is 18.2 Å². The van der Waals surface area contributed by atoms with E-state index < -0.39 is 33.2 Å². The van der Waals surface area contributed by atoms with Gasteiger partial charge >= 0.3 is 0 Å². The van der Waals surface area contributed by atoms with Gasteiger partial charge < -0.3 is 0 Å². The van der Waals surface area contributed by atoms with E-state index in [1.54, 1.807) is 10.8 Å². The number of halogens is 4. The van der Waals surface area contributed by atoms with Crippen molar-refractivity contribution < 1.29 is 21.6 Å². The number of nitrogens with one attached hydrogen (secondary N) is 1. The van der Waals surface area contributed by atoms with Gasteiger partial charge in [-0.2, -0.15) is 0 Å². The van der Waals surface area contributed by atoms with Gasteiger partial charge in [-0.25, -0.2) is 21.6 Å². The van der Waals surface area contributed by atoms with E-state index in [0.29, 0.717) is 12.1 Å². The molecule has 3 nitrogen and oxygen atoms in total. The minimum Gasteiger partial charge on any atom is -0.274 e. The maximum absolute atomic E-state index is 13.4. The minimum atomic E-state index is -4.20. The van der Waals surface area contributed by atoms with Gasteiger partial charge in [0.25, 0.3) is 10.0 Å². The van der Waals surface area contributed by atoms with Crippen LogP contribution in [-0.4, -0.2) is 8.42 Å². The Kier molecular flexibility index (Phi) is 4.05. The van der Waals surface area contributed by atoms with Crippen LogP contribution in [0.3, 0.4) is 0 Å². The lowest BCUT2D eigenvalue weighted by Gasteiger charge is -2.11. The van der Waals surface area contributed by atoms with Crippen LogP contribution in [-0.2, 0) is 10.0 Å². The number of hydrogen-bond acceptors (Lipinski definition) is 2. The second kappa shape index (κ2) is 5.45. The normalized spacial score (nSPS) is 11.4. The zero-order valence-electron chi connectivity index (χ0n) is 9.70. The molecule has 2 aromatic rings. The predicted molar refractivity (Wildman–Crippen MR) is 71.3 cm³/mol. The molecular formula is C12H7BrF3NO2S. The Bertz CT molecular complexity index is 742. The quantitative estimate of drug-likeness (QED) is 0.901. The van der Waals surface area contributed by atoms with Crippen LogP contribution in [0.5, 0.6) is 0 Å². The Morgan fingerprint density at radius 3 is 2.10 bits per heavy atom. The van der Waals surface area contributed by atoms with E-state index in [1.807, 2.05) is 0 Å². The van der Waals surface area contributed by atoms with Crippen LogP contribution in [0.25, 0.3) is 0 Å². The van der Waals surface area contributed by atoms with Crippen molar-refractivity contribution in [2.75, 3.05) is 4.72 Å². The molecule has 0 aliphatic rings. The van der Waals surface area contributed by atoms with Crippen molar-refractivity contribution >= 4 is 31.6 Å². The molecule has 0 unspecified atom stereocenters. The predicted octanol–water partition coefficient (Wildman–Crippen LogP) is 3.67. The van der Waals surface area contributed by atoms with Crippen molar-refractivity contribution in [2.24, 2.45) is 0 Å². The van der Waals surface area contributed by atoms with E-state index >= 15 is 0 Å². The van der Waals surface area contributed by atoms with E-state index in [2.05, 4.69) is 15.9 Å². The highest BCUT2D eigenvalue weighted by molar-refractivity contribution is 9.10. The molecule has 0 radical (unpaired) electrons. The first-order valence-electron chi connectivity index (χ1n) is 5.23. The van der Waals surface area contributed by atoms with Crippen LogP contribution in [0.2, 0.25) is 0 Å². The maximum atomic E-state index is 13.4. The summed E-state index contributed by atoms with van der Waals surface area (Å²) in [5.74, 6) is -3.81. The van der Waals surface area contributed by atoms with Crippen LogP contribution >= 0.6 is 15.9 Å². The number of anilines is 1. The van der Waals surface area contributed by atoms with Crippen LogP contribution in [0.15, 0.2) is 45.8 Å². The molecular weight excluding hydrogens is 359 g/mol. The molecule has 0 bridgehead atoms. The first-order valence-corrected chi connectivity index (χ1v) is 7.51. The lowest BCUT2D eigenvalue weighted by atomic mass is 10.3. The summed E-state index contributed by atoms with van der Waals surface area (Å²) in [7, 11) is -4.20. The number of sulfonamides is 1. The fourth-order valence-corrected chi connectivity index (χ4v) is 3.57. The summed E-state index contributed by atoms with van der Waals surface area (Å²) >= 11 is 3.03. The van der Waals surface area contributed by atoms with Crippen molar-refractivity contribution in [3.63, 3.8) is 0 Å². The third-order valence-corrected chi connectivity index (χ3v) is 4.73. The molecule has 2 rings (SSSR count). The summed E-state index contributed by atoms with van der Waals surface area (Å²) in [6.07, 6.45) is 0. The standard InChI is InChI=1S/C12H7BrF3NO2S/c13-8-3-1-2-4-11(8)20(18,19)17-12-9(15)5-7(14)6-10(12)16/h1-6,17H. The highest BCUT2D eigenvalue weighted by atomic mass is 79.9. The zero-order valence-corrected chi connectivity index (χ0v) is 12.1. The summed E-state index contributed by atoms with van der Waals surface area (Å²) in [6, 6.07) is 6.54. The molecule has 20 heavy (non-hydrogen) atoms. The van der Waals surface area contributed by atoms with Crippen LogP contribution < -0.4 is 4.72 Å². The van der Waals surface area contributed by atoms with Crippen LogP contribution in [0.1, 0.15) is 0 Å². The monoisotopic (exact) mass is 365 g/mol. The Labute approximate surface area is 121 Å². The Hall–Kier alpha value is -1.54. The van der Waals surface area contributed by atoms with Crippen LogP contribution in [0.4, 0.5) is 18.9 Å². The summed E-state index contributed by atoms with van der Waals surface area (Å²) in [5, 5.41) is 0. The molecule has 0 atom stereocenters. The van der Waals surface area contributed by atoms with Crippen molar-refractivity contribution in [3.05, 3.63) is 58.3 Å². The lowest BCUT2D eigenvalue weighted by molar-refractivity contribution is 0.547. The highest BCUT2D eigenvalue weighted by Crippen LogP contribution is 2.27. The molecule has 0 spiro atoms. The SMILES string of the molecule is O=S(=O)(Nc1c(F)cc(F)cc1F)c1ccccc1Br. The molecule has 0 aliphatic carbocycles. The molecule has 106 valence electrons. The second-order valence-electron chi connectivity index (χ2n) is 3.78. The van der Waals surface area contributed by atoms with Crippen LogP contribution in [0, 0.1) is 17.5 Å². The molecule has 0 fully saturated rings. The Morgan fingerprint density at radius 1 is 1.00 bits per heavy atom. The summed E-state index contributed by atoms with van der Waals surface area (Å²) in [6.45, 7) is 0.